The Morgan fingerprint density at radius 3 is 2.46 bits per heavy atom. The first-order chi connectivity index (χ1) is 6.12. The van der Waals surface area contributed by atoms with Gasteiger partial charge in [-0.05, 0) is 41.9 Å². The maximum absolute atomic E-state index is 2.54. The van der Waals surface area contributed by atoms with Crippen molar-refractivity contribution >= 4 is 0 Å². The summed E-state index contributed by atoms with van der Waals surface area (Å²) in [7, 11) is 0. The van der Waals surface area contributed by atoms with Crippen LogP contribution in [-0.2, 0) is 0 Å². The second-order valence-electron chi connectivity index (χ2n) is 5.71. The molecule has 0 bridgehead atoms. The summed E-state index contributed by atoms with van der Waals surface area (Å²) in [5.74, 6) is 4.19. The second-order valence-corrected chi connectivity index (χ2v) is 5.71. The second kappa shape index (κ2) is 3.00. The van der Waals surface area contributed by atoms with Crippen molar-refractivity contribution < 1.29 is 0 Å². The Morgan fingerprint density at radius 2 is 2.00 bits per heavy atom. The summed E-state index contributed by atoms with van der Waals surface area (Å²) in [5.41, 5.74) is 0.719. The third-order valence-electron chi connectivity index (χ3n) is 5.04. The number of hydrogen-bond donors (Lipinski definition) is 0. The van der Waals surface area contributed by atoms with Gasteiger partial charge in [-0.25, -0.2) is 0 Å². The van der Waals surface area contributed by atoms with Crippen molar-refractivity contribution in [3.63, 3.8) is 0 Å². The van der Waals surface area contributed by atoms with E-state index in [9.17, 15) is 0 Å². The molecule has 0 spiro atoms. The van der Waals surface area contributed by atoms with Crippen molar-refractivity contribution in [3.8, 4) is 0 Å². The Kier molecular flexibility index (Phi) is 2.20. The minimum atomic E-state index is 0.719. The van der Waals surface area contributed by atoms with Crippen molar-refractivity contribution in [2.24, 2.45) is 29.1 Å². The standard InChI is InChI=1S/C13H24/c1-5-6-9(2)13(4)10(3)12(13)11-7-8-11/h9-12H,5-8H2,1-4H3. The first-order valence-electron chi connectivity index (χ1n) is 6.12. The predicted molar refractivity (Wildman–Crippen MR) is 57.6 cm³/mol. The van der Waals surface area contributed by atoms with Crippen molar-refractivity contribution in [1.82, 2.24) is 0 Å². The minimum absolute atomic E-state index is 0.719. The first-order valence-corrected chi connectivity index (χ1v) is 6.12. The highest BCUT2D eigenvalue weighted by atomic mass is 14.7. The zero-order chi connectivity index (χ0) is 9.64. The van der Waals surface area contributed by atoms with E-state index in [0.29, 0.717) is 0 Å². The summed E-state index contributed by atoms with van der Waals surface area (Å²) in [4.78, 5) is 0. The van der Waals surface area contributed by atoms with Gasteiger partial charge in [-0.1, -0.05) is 40.5 Å². The van der Waals surface area contributed by atoms with Gasteiger partial charge >= 0.3 is 0 Å². The molecule has 2 aliphatic carbocycles. The van der Waals surface area contributed by atoms with Gasteiger partial charge in [-0.2, -0.15) is 0 Å². The fourth-order valence-electron chi connectivity index (χ4n) is 3.69. The lowest BCUT2D eigenvalue weighted by Crippen LogP contribution is -2.13. The van der Waals surface area contributed by atoms with Gasteiger partial charge in [0.05, 0.1) is 0 Å². The van der Waals surface area contributed by atoms with Crippen molar-refractivity contribution in [2.75, 3.05) is 0 Å². The molecule has 2 saturated carbocycles. The Balaban J connectivity index is 1.96. The molecule has 0 heterocycles. The smallest absolute Gasteiger partial charge is 0.0238 e. The van der Waals surface area contributed by atoms with E-state index in [-0.39, 0.29) is 0 Å². The number of rotatable bonds is 4. The summed E-state index contributed by atoms with van der Waals surface area (Å²) in [5, 5.41) is 0. The van der Waals surface area contributed by atoms with Crippen LogP contribution in [0, 0.1) is 29.1 Å². The van der Waals surface area contributed by atoms with Gasteiger partial charge in [-0.15, -0.1) is 0 Å². The van der Waals surface area contributed by atoms with Crippen LogP contribution in [0.2, 0.25) is 0 Å². The molecule has 2 fully saturated rings. The van der Waals surface area contributed by atoms with Gasteiger partial charge < -0.3 is 0 Å². The Morgan fingerprint density at radius 1 is 1.38 bits per heavy atom. The van der Waals surface area contributed by atoms with Crippen molar-refractivity contribution in [1.29, 1.82) is 0 Å². The lowest BCUT2D eigenvalue weighted by atomic mass is 9.85. The average Bonchev–Trinajstić information content (AvgIpc) is 2.94. The highest BCUT2D eigenvalue weighted by Crippen LogP contribution is 2.70. The van der Waals surface area contributed by atoms with Crippen LogP contribution in [-0.4, -0.2) is 0 Å². The van der Waals surface area contributed by atoms with E-state index in [0.717, 1.165) is 29.1 Å². The molecule has 0 heteroatoms. The predicted octanol–water partition coefficient (Wildman–Crippen LogP) is 4.10. The van der Waals surface area contributed by atoms with Crippen molar-refractivity contribution in [2.45, 2.75) is 53.4 Å². The maximum atomic E-state index is 2.54. The molecule has 4 atom stereocenters. The number of hydrogen-bond acceptors (Lipinski definition) is 0. The summed E-state index contributed by atoms with van der Waals surface area (Å²) < 4.78 is 0. The molecule has 13 heavy (non-hydrogen) atoms. The average molecular weight is 180 g/mol. The van der Waals surface area contributed by atoms with Crippen LogP contribution in [0.5, 0.6) is 0 Å². The van der Waals surface area contributed by atoms with E-state index < -0.39 is 0 Å². The molecule has 2 aliphatic rings. The van der Waals surface area contributed by atoms with Crippen molar-refractivity contribution in [3.05, 3.63) is 0 Å². The van der Waals surface area contributed by atoms with Crippen LogP contribution >= 0.6 is 0 Å². The molecule has 0 aromatic carbocycles. The van der Waals surface area contributed by atoms with Crippen LogP contribution in [0.3, 0.4) is 0 Å². The van der Waals surface area contributed by atoms with Gasteiger partial charge in [0, 0.05) is 0 Å². The molecule has 76 valence electrons. The lowest BCUT2D eigenvalue weighted by molar-refractivity contribution is 0.288. The Bertz CT molecular complexity index is 192. The fraction of sp³-hybridized carbons (Fsp3) is 1.00. The molecular formula is C13H24. The monoisotopic (exact) mass is 180 g/mol. The molecule has 4 unspecified atom stereocenters. The quantitative estimate of drug-likeness (QED) is 0.611. The SMILES string of the molecule is CCCC(C)C1(C)C(C)C1C1CC1. The third-order valence-corrected chi connectivity index (χ3v) is 5.04. The van der Waals surface area contributed by atoms with E-state index in [2.05, 4.69) is 27.7 Å². The van der Waals surface area contributed by atoms with Crippen LogP contribution < -0.4 is 0 Å². The highest BCUT2D eigenvalue weighted by Gasteiger charge is 2.64. The Hall–Kier alpha value is 0. The topological polar surface area (TPSA) is 0 Å². The van der Waals surface area contributed by atoms with Crippen LogP contribution in [0.15, 0.2) is 0 Å². The van der Waals surface area contributed by atoms with E-state index in [4.69, 9.17) is 0 Å². The lowest BCUT2D eigenvalue weighted by Gasteiger charge is -2.20. The van der Waals surface area contributed by atoms with Gasteiger partial charge in [0.1, 0.15) is 0 Å². The molecule has 2 rings (SSSR count). The van der Waals surface area contributed by atoms with Gasteiger partial charge in [0.15, 0.2) is 0 Å². The molecule has 0 aromatic rings. The summed E-state index contributed by atoms with van der Waals surface area (Å²) in [6.45, 7) is 9.82. The highest BCUT2D eigenvalue weighted by molar-refractivity contribution is 5.12. The Labute approximate surface area is 83.1 Å². The molecule has 0 aliphatic heterocycles. The fourth-order valence-corrected chi connectivity index (χ4v) is 3.69. The maximum Gasteiger partial charge on any atom is -0.0238 e. The molecule has 0 radical (unpaired) electrons. The summed E-state index contributed by atoms with van der Waals surface area (Å²) in [6.07, 6.45) is 5.86. The molecule has 0 aromatic heterocycles. The van der Waals surface area contributed by atoms with Crippen LogP contribution in [0.25, 0.3) is 0 Å². The first kappa shape index (κ1) is 9.55. The minimum Gasteiger partial charge on any atom is -0.0654 e. The van der Waals surface area contributed by atoms with Gasteiger partial charge in [0.2, 0.25) is 0 Å². The van der Waals surface area contributed by atoms with Gasteiger partial charge in [-0.3, -0.25) is 0 Å². The van der Waals surface area contributed by atoms with Crippen LogP contribution in [0.1, 0.15) is 53.4 Å². The van der Waals surface area contributed by atoms with Crippen LogP contribution in [0.4, 0.5) is 0 Å². The van der Waals surface area contributed by atoms with E-state index in [1.165, 1.54) is 25.7 Å². The molecular weight excluding hydrogens is 156 g/mol. The largest absolute Gasteiger partial charge is 0.0654 e. The van der Waals surface area contributed by atoms with E-state index >= 15 is 0 Å². The van der Waals surface area contributed by atoms with Gasteiger partial charge in [0.25, 0.3) is 0 Å². The third kappa shape index (κ3) is 1.33. The van der Waals surface area contributed by atoms with E-state index in [1.807, 2.05) is 0 Å². The molecule has 0 N–H and O–H groups in total. The molecule has 0 nitrogen and oxygen atoms in total. The van der Waals surface area contributed by atoms with E-state index in [1.54, 1.807) is 0 Å². The summed E-state index contributed by atoms with van der Waals surface area (Å²) >= 11 is 0. The summed E-state index contributed by atoms with van der Waals surface area (Å²) in [6, 6.07) is 0. The zero-order valence-electron chi connectivity index (χ0n) is 9.64. The molecule has 0 amide bonds. The molecule has 0 saturated heterocycles. The zero-order valence-corrected chi connectivity index (χ0v) is 9.64. The normalized spacial score (nSPS) is 46.2.